The van der Waals surface area contributed by atoms with Crippen LogP contribution in [-0.2, 0) is 6.54 Å². The van der Waals surface area contributed by atoms with Gasteiger partial charge in [0.2, 0.25) is 0 Å². The van der Waals surface area contributed by atoms with E-state index in [1.54, 1.807) is 24.3 Å². The molecular weight excluding hydrogens is 843 g/mol. The highest BCUT2D eigenvalue weighted by Gasteiger charge is 2.15. The smallest absolute Gasteiger partial charge is 0.358 e. The average molecular weight is 906 g/mol. The summed E-state index contributed by atoms with van der Waals surface area (Å²) in [6, 6.07) is 37.2. The van der Waals surface area contributed by atoms with Gasteiger partial charge in [-0.2, -0.15) is 0 Å². The Morgan fingerprint density at radius 1 is 0.463 bits per heavy atom. The number of ether oxygens (including phenoxy) is 4. The monoisotopic (exact) mass is 905 g/mol. The van der Waals surface area contributed by atoms with Crippen LogP contribution in [0.3, 0.4) is 0 Å². The van der Waals surface area contributed by atoms with E-state index in [0.29, 0.717) is 37.9 Å². The molecule has 0 radical (unpaired) electrons. The molecule has 0 fully saturated rings. The quantitative estimate of drug-likeness (QED) is 0.0436. The van der Waals surface area contributed by atoms with Gasteiger partial charge in [-0.25, -0.2) is 19.6 Å². The number of aromatic carboxylic acids is 2. The van der Waals surface area contributed by atoms with E-state index in [4.69, 9.17) is 18.9 Å². The number of carbonyl (C=O) groups is 2. The highest BCUT2D eigenvalue weighted by Crippen LogP contribution is 2.36. The molecule has 3 heterocycles. The first-order valence-electron chi connectivity index (χ1n) is 24.0. The summed E-state index contributed by atoms with van der Waals surface area (Å²) >= 11 is 0. The zero-order chi connectivity index (χ0) is 46.6. The number of aromatic nitrogens is 3. The molecule has 0 saturated heterocycles. The Hall–Kier alpha value is -6.88. The lowest BCUT2D eigenvalue weighted by Crippen LogP contribution is -2.06. The lowest BCUT2D eigenvalue weighted by atomic mass is 10.00. The molecule has 4 aromatic carbocycles. The number of unbranched alkanes of at least 4 members (excludes halogenated alkanes) is 11. The number of hydrogen-bond donors (Lipinski definition) is 2. The molecule has 350 valence electrons. The zero-order valence-corrected chi connectivity index (χ0v) is 38.7. The fourth-order valence-electron chi connectivity index (χ4n) is 8.44. The predicted octanol–water partition coefficient (Wildman–Crippen LogP) is 13.7. The van der Waals surface area contributed by atoms with Crippen LogP contribution in [0, 0.1) is 0 Å². The van der Waals surface area contributed by atoms with Gasteiger partial charge >= 0.3 is 11.9 Å². The minimum atomic E-state index is -1.09. The first kappa shape index (κ1) is 48.1. The molecule has 0 amide bonds. The summed E-state index contributed by atoms with van der Waals surface area (Å²) in [5, 5.41) is 21.1. The summed E-state index contributed by atoms with van der Waals surface area (Å²) in [5.74, 6) is 0.132. The van der Waals surface area contributed by atoms with E-state index in [0.717, 1.165) is 87.0 Å². The second-order valence-electron chi connectivity index (χ2n) is 17.0. The van der Waals surface area contributed by atoms with Crippen molar-refractivity contribution in [2.24, 2.45) is 0 Å². The third-order valence-electron chi connectivity index (χ3n) is 12.1. The van der Waals surface area contributed by atoms with Crippen LogP contribution in [0.5, 0.6) is 23.0 Å². The van der Waals surface area contributed by atoms with Gasteiger partial charge in [0, 0.05) is 40.7 Å². The Bertz CT molecular complexity index is 2490. The molecule has 0 bridgehead atoms. The van der Waals surface area contributed by atoms with Crippen molar-refractivity contribution in [2.75, 3.05) is 26.4 Å². The van der Waals surface area contributed by atoms with E-state index in [-0.39, 0.29) is 11.4 Å². The lowest BCUT2D eigenvalue weighted by Gasteiger charge is -2.10. The van der Waals surface area contributed by atoms with E-state index in [2.05, 4.69) is 106 Å². The van der Waals surface area contributed by atoms with Crippen molar-refractivity contribution in [1.82, 2.24) is 14.5 Å². The molecule has 7 aromatic rings. The van der Waals surface area contributed by atoms with Crippen LogP contribution < -0.4 is 18.9 Å². The highest BCUT2D eigenvalue weighted by atomic mass is 16.5. The van der Waals surface area contributed by atoms with Crippen molar-refractivity contribution in [3.8, 4) is 45.3 Å². The Balaban J connectivity index is 0.929. The second kappa shape index (κ2) is 25.1. The van der Waals surface area contributed by atoms with Crippen LogP contribution in [0.1, 0.15) is 118 Å². The molecule has 11 nitrogen and oxygen atoms in total. The first-order chi connectivity index (χ1) is 32.9. The van der Waals surface area contributed by atoms with Gasteiger partial charge in [-0.3, -0.25) is 0 Å². The number of hydrogen-bond acceptors (Lipinski definition) is 8. The van der Waals surface area contributed by atoms with Gasteiger partial charge in [-0.15, -0.1) is 0 Å². The summed E-state index contributed by atoms with van der Waals surface area (Å²) in [4.78, 5) is 30.5. The van der Waals surface area contributed by atoms with Crippen molar-refractivity contribution in [2.45, 2.75) is 103 Å². The maximum Gasteiger partial charge on any atom is 0.358 e. The minimum Gasteiger partial charge on any atom is -0.494 e. The van der Waals surface area contributed by atoms with Crippen LogP contribution in [0.2, 0.25) is 0 Å². The van der Waals surface area contributed by atoms with Gasteiger partial charge in [-0.1, -0.05) is 75.4 Å². The van der Waals surface area contributed by atoms with Crippen LogP contribution >= 0.6 is 0 Å². The molecule has 11 heteroatoms. The maximum absolute atomic E-state index is 11.4. The number of aryl methyl sites for hydroxylation is 1. The molecule has 7 rings (SSSR count). The normalized spacial score (nSPS) is 11.2. The Morgan fingerprint density at radius 3 is 1.28 bits per heavy atom. The van der Waals surface area contributed by atoms with Crippen molar-refractivity contribution < 1.29 is 38.7 Å². The minimum absolute atomic E-state index is 0.0574. The van der Waals surface area contributed by atoms with Crippen LogP contribution in [0.4, 0.5) is 0 Å². The molecule has 0 atom stereocenters. The SMILES string of the molecule is CCCCCCCCn1c2ccc(-c3ccc(OCCCCCCOc4cccnc4C(=O)O)cc3)cc2c2cc(-c3ccc(OCCCCCCOc4cccnc4C(=O)O)cc3)ccc21. The number of pyridine rings is 2. The van der Waals surface area contributed by atoms with Gasteiger partial charge in [-0.05, 0) is 153 Å². The molecule has 0 unspecified atom stereocenters. The van der Waals surface area contributed by atoms with Gasteiger partial charge in [0.15, 0.2) is 22.9 Å². The summed E-state index contributed by atoms with van der Waals surface area (Å²) in [6.45, 7) is 5.40. The van der Waals surface area contributed by atoms with E-state index in [9.17, 15) is 19.8 Å². The third kappa shape index (κ3) is 13.6. The Morgan fingerprint density at radius 2 is 0.851 bits per heavy atom. The first-order valence-corrected chi connectivity index (χ1v) is 24.0. The maximum atomic E-state index is 11.4. The molecule has 0 saturated carbocycles. The van der Waals surface area contributed by atoms with Crippen molar-refractivity contribution in [1.29, 1.82) is 0 Å². The average Bonchev–Trinajstić information content (AvgIpc) is 3.66. The topological polar surface area (TPSA) is 142 Å². The number of rotatable bonds is 29. The van der Waals surface area contributed by atoms with Crippen LogP contribution in [0.15, 0.2) is 122 Å². The van der Waals surface area contributed by atoms with Gasteiger partial charge in [0.1, 0.15) is 11.5 Å². The van der Waals surface area contributed by atoms with Gasteiger partial charge < -0.3 is 33.7 Å². The largest absolute Gasteiger partial charge is 0.494 e. The van der Waals surface area contributed by atoms with E-state index in [1.165, 1.54) is 77.4 Å². The van der Waals surface area contributed by atoms with E-state index >= 15 is 0 Å². The zero-order valence-electron chi connectivity index (χ0n) is 38.7. The standard InChI is InChI=1S/C56H63N3O8/c1-2-3-4-5-6-11-34-59-49-30-24-43(41-20-26-45(27-21-41)64-35-12-7-9-14-37-66-51-18-16-32-57-53(51)55(60)61)39-47(49)48-40-44(25-31-50(48)59)42-22-28-46(29-23-42)65-36-13-8-10-15-38-67-52-19-17-33-58-54(52)56(62)63/h16-33,39-40H,2-15,34-38H2,1H3,(H,60,61)(H,62,63). The molecule has 0 spiro atoms. The van der Waals surface area contributed by atoms with Crippen molar-refractivity contribution in [3.05, 3.63) is 133 Å². The summed E-state index contributed by atoms with van der Waals surface area (Å²) in [6.07, 6.45) is 17.8. The molecular formula is C56H63N3O8. The van der Waals surface area contributed by atoms with Crippen LogP contribution in [0.25, 0.3) is 44.1 Å². The van der Waals surface area contributed by atoms with Crippen molar-refractivity contribution >= 4 is 33.7 Å². The number of benzene rings is 4. The Kier molecular flexibility index (Phi) is 18.0. The molecule has 67 heavy (non-hydrogen) atoms. The number of carboxylic acid groups (broad SMARTS) is 2. The number of carboxylic acids is 2. The summed E-state index contributed by atoms with van der Waals surface area (Å²) in [7, 11) is 0. The highest BCUT2D eigenvalue weighted by molar-refractivity contribution is 6.10. The van der Waals surface area contributed by atoms with Crippen LogP contribution in [-0.4, -0.2) is 63.1 Å². The van der Waals surface area contributed by atoms with Crippen molar-refractivity contribution in [3.63, 3.8) is 0 Å². The lowest BCUT2D eigenvalue weighted by molar-refractivity contribution is 0.0674. The number of fused-ring (bicyclic) bond motifs is 3. The van der Waals surface area contributed by atoms with Gasteiger partial charge in [0.05, 0.1) is 26.4 Å². The Labute approximate surface area is 393 Å². The fraction of sp³-hybridized carbons (Fsp3) is 0.357. The predicted molar refractivity (Wildman–Crippen MR) is 265 cm³/mol. The summed E-state index contributed by atoms with van der Waals surface area (Å²) < 4.78 is 26.1. The van der Waals surface area contributed by atoms with E-state index in [1.807, 2.05) is 0 Å². The molecule has 3 aromatic heterocycles. The van der Waals surface area contributed by atoms with E-state index < -0.39 is 11.9 Å². The number of nitrogens with zero attached hydrogens (tertiary/aromatic N) is 3. The molecule has 0 aliphatic heterocycles. The fourth-order valence-corrected chi connectivity index (χ4v) is 8.44. The third-order valence-corrected chi connectivity index (χ3v) is 12.1. The molecule has 0 aliphatic rings. The molecule has 2 N–H and O–H groups in total. The summed E-state index contributed by atoms with van der Waals surface area (Å²) in [5.41, 5.74) is 7.02. The van der Waals surface area contributed by atoms with Gasteiger partial charge in [0.25, 0.3) is 0 Å². The molecule has 0 aliphatic carbocycles. The second-order valence-corrected chi connectivity index (χ2v) is 17.0.